The first-order valence-electron chi connectivity index (χ1n) is 7.37. The van der Waals surface area contributed by atoms with Gasteiger partial charge in [0.25, 0.3) is 0 Å². The maximum absolute atomic E-state index is 11.8. The van der Waals surface area contributed by atoms with Gasteiger partial charge in [-0.3, -0.25) is 20.2 Å². The highest BCUT2D eigenvalue weighted by Crippen LogP contribution is 2.22. The number of carbonyl (C=O) groups is 3. The highest BCUT2D eigenvalue weighted by atomic mass is 16.6. The number of alkyl carbamates (subject to hydrolysis) is 1. The second-order valence-electron chi connectivity index (χ2n) is 5.90. The van der Waals surface area contributed by atoms with E-state index in [4.69, 9.17) is 9.47 Å². The third kappa shape index (κ3) is 7.59. The fourth-order valence-electron chi connectivity index (χ4n) is 1.69. The Bertz CT molecular complexity index is 596. The van der Waals surface area contributed by atoms with Gasteiger partial charge in [-0.05, 0) is 32.9 Å². The molecular weight excluding hydrogens is 314 g/mol. The molecule has 0 aliphatic carbocycles. The minimum atomic E-state index is -0.826. The first kappa shape index (κ1) is 19.4. The number of para-hydroxylation sites is 2. The third-order valence-electron chi connectivity index (χ3n) is 2.59. The van der Waals surface area contributed by atoms with Crippen LogP contribution >= 0.6 is 0 Å². The van der Waals surface area contributed by atoms with Gasteiger partial charge in [0.15, 0.2) is 0 Å². The monoisotopic (exact) mass is 337 g/mol. The second-order valence-corrected chi connectivity index (χ2v) is 5.90. The zero-order chi connectivity index (χ0) is 18.2. The molecule has 0 saturated heterocycles. The molecule has 0 fully saturated rings. The summed E-state index contributed by atoms with van der Waals surface area (Å²) < 4.78 is 10.1. The lowest BCUT2D eigenvalue weighted by atomic mass is 10.2. The summed E-state index contributed by atoms with van der Waals surface area (Å²) in [5.41, 5.74) is -0.156. The van der Waals surface area contributed by atoms with Crippen molar-refractivity contribution in [2.75, 3.05) is 25.5 Å². The van der Waals surface area contributed by atoms with Crippen LogP contribution < -0.4 is 20.7 Å². The average molecular weight is 337 g/mol. The number of rotatable bonds is 6. The first-order chi connectivity index (χ1) is 11.2. The minimum absolute atomic E-state index is 0.0974. The number of methoxy groups -OCH3 is 1. The summed E-state index contributed by atoms with van der Waals surface area (Å²) in [6.45, 7) is 4.78. The van der Waals surface area contributed by atoms with Gasteiger partial charge in [0, 0.05) is 0 Å². The zero-order valence-electron chi connectivity index (χ0n) is 14.3. The number of ether oxygens (including phenoxy) is 2. The van der Waals surface area contributed by atoms with Crippen LogP contribution in [0.15, 0.2) is 24.3 Å². The number of hydrogen-bond donors (Lipinski definition) is 3. The van der Waals surface area contributed by atoms with Gasteiger partial charge >= 0.3 is 6.09 Å². The van der Waals surface area contributed by atoms with Crippen LogP contribution in [-0.4, -0.2) is 43.7 Å². The molecule has 132 valence electrons. The van der Waals surface area contributed by atoms with E-state index in [0.717, 1.165) is 0 Å². The van der Waals surface area contributed by atoms with Crippen molar-refractivity contribution in [2.45, 2.75) is 26.4 Å². The van der Waals surface area contributed by atoms with Crippen LogP contribution in [0.4, 0.5) is 10.5 Å². The molecule has 0 aliphatic rings. The Morgan fingerprint density at radius 1 is 1.04 bits per heavy atom. The van der Waals surface area contributed by atoms with Crippen LogP contribution in [0.3, 0.4) is 0 Å². The molecule has 0 bridgehead atoms. The molecule has 0 saturated carbocycles. The van der Waals surface area contributed by atoms with Gasteiger partial charge in [0.05, 0.1) is 25.9 Å². The van der Waals surface area contributed by atoms with Crippen molar-refractivity contribution < 1.29 is 23.9 Å². The summed E-state index contributed by atoms with van der Waals surface area (Å²) in [5, 5.41) is 7.36. The molecule has 1 aromatic carbocycles. The van der Waals surface area contributed by atoms with E-state index in [2.05, 4.69) is 16.0 Å². The van der Waals surface area contributed by atoms with Crippen molar-refractivity contribution in [3.63, 3.8) is 0 Å². The van der Waals surface area contributed by atoms with E-state index in [9.17, 15) is 14.4 Å². The molecular formula is C16H23N3O5. The van der Waals surface area contributed by atoms with E-state index >= 15 is 0 Å². The number of carbonyl (C=O) groups excluding carboxylic acids is 3. The van der Waals surface area contributed by atoms with E-state index in [1.54, 1.807) is 45.0 Å². The fraction of sp³-hybridized carbons (Fsp3) is 0.438. The number of benzene rings is 1. The van der Waals surface area contributed by atoms with Gasteiger partial charge in [-0.25, -0.2) is 4.79 Å². The van der Waals surface area contributed by atoms with Crippen LogP contribution in [0.1, 0.15) is 20.8 Å². The Balaban J connectivity index is 2.32. The Labute approximate surface area is 140 Å². The number of anilines is 1. The largest absolute Gasteiger partial charge is 0.495 e. The molecule has 3 N–H and O–H groups in total. The number of amides is 3. The van der Waals surface area contributed by atoms with Crippen LogP contribution in [0.2, 0.25) is 0 Å². The lowest BCUT2D eigenvalue weighted by Crippen LogP contribution is -2.42. The van der Waals surface area contributed by atoms with Crippen molar-refractivity contribution in [1.29, 1.82) is 0 Å². The quantitative estimate of drug-likeness (QED) is 0.722. The molecule has 24 heavy (non-hydrogen) atoms. The van der Waals surface area contributed by atoms with E-state index in [0.29, 0.717) is 11.4 Å². The molecule has 0 spiro atoms. The number of imide groups is 1. The smallest absolute Gasteiger partial charge is 0.414 e. The van der Waals surface area contributed by atoms with Crippen LogP contribution in [-0.2, 0) is 14.3 Å². The third-order valence-corrected chi connectivity index (χ3v) is 2.59. The molecule has 1 aromatic rings. The highest BCUT2D eigenvalue weighted by molar-refractivity contribution is 5.95. The zero-order valence-corrected chi connectivity index (χ0v) is 14.3. The fourth-order valence-corrected chi connectivity index (χ4v) is 1.69. The average Bonchev–Trinajstić information content (AvgIpc) is 2.45. The van der Waals surface area contributed by atoms with Crippen LogP contribution in [0.5, 0.6) is 5.75 Å². The van der Waals surface area contributed by atoms with Crippen molar-refractivity contribution in [2.24, 2.45) is 0 Å². The van der Waals surface area contributed by atoms with Gasteiger partial charge in [-0.15, -0.1) is 0 Å². The summed E-state index contributed by atoms with van der Waals surface area (Å²) in [6, 6.07) is 6.97. The molecule has 3 amide bonds. The predicted octanol–water partition coefficient (Wildman–Crippen LogP) is 1.27. The molecule has 0 radical (unpaired) electrons. The van der Waals surface area contributed by atoms with E-state index in [1.165, 1.54) is 7.11 Å². The summed E-state index contributed by atoms with van der Waals surface area (Å²) >= 11 is 0. The van der Waals surface area contributed by atoms with Gasteiger partial charge in [0.1, 0.15) is 11.4 Å². The van der Waals surface area contributed by atoms with Gasteiger partial charge in [0.2, 0.25) is 11.8 Å². The minimum Gasteiger partial charge on any atom is -0.495 e. The molecule has 0 aromatic heterocycles. The van der Waals surface area contributed by atoms with Crippen molar-refractivity contribution in [3.8, 4) is 5.75 Å². The van der Waals surface area contributed by atoms with Crippen molar-refractivity contribution >= 4 is 23.6 Å². The van der Waals surface area contributed by atoms with Crippen molar-refractivity contribution in [3.05, 3.63) is 24.3 Å². The maximum atomic E-state index is 11.8. The topological polar surface area (TPSA) is 106 Å². The van der Waals surface area contributed by atoms with E-state index in [-0.39, 0.29) is 19.0 Å². The van der Waals surface area contributed by atoms with Gasteiger partial charge in [-0.2, -0.15) is 0 Å². The highest BCUT2D eigenvalue weighted by Gasteiger charge is 2.18. The molecule has 8 heteroatoms. The lowest BCUT2D eigenvalue weighted by molar-refractivity contribution is -0.120. The van der Waals surface area contributed by atoms with Crippen LogP contribution in [0, 0.1) is 0 Å². The standard InChI is InChI=1S/C16H23N3O5/c1-16(2,3)24-15(22)19-14(21)10-17-9-13(20)18-11-7-5-6-8-12(11)23-4/h5-8,17H,9-10H2,1-4H3,(H,18,20)(H,19,21,22). The first-order valence-corrected chi connectivity index (χ1v) is 7.37. The Morgan fingerprint density at radius 2 is 1.67 bits per heavy atom. The summed E-state index contributed by atoms with van der Waals surface area (Å²) in [5.74, 6) is -0.396. The maximum Gasteiger partial charge on any atom is 0.414 e. The predicted molar refractivity (Wildman–Crippen MR) is 88.9 cm³/mol. The Kier molecular flexibility index (Phi) is 7.19. The van der Waals surface area contributed by atoms with Gasteiger partial charge < -0.3 is 14.8 Å². The summed E-state index contributed by atoms with van der Waals surface area (Å²) in [4.78, 5) is 34.8. The molecule has 8 nitrogen and oxygen atoms in total. The second kappa shape index (κ2) is 8.88. The molecule has 0 atom stereocenters. The SMILES string of the molecule is COc1ccccc1NC(=O)CNCC(=O)NC(=O)OC(C)(C)C. The van der Waals surface area contributed by atoms with E-state index in [1.807, 2.05) is 0 Å². The van der Waals surface area contributed by atoms with Crippen LogP contribution in [0.25, 0.3) is 0 Å². The number of hydrogen-bond acceptors (Lipinski definition) is 6. The molecule has 0 unspecified atom stereocenters. The van der Waals surface area contributed by atoms with Crippen molar-refractivity contribution in [1.82, 2.24) is 10.6 Å². The molecule has 0 heterocycles. The lowest BCUT2D eigenvalue weighted by Gasteiger charge is -2.19. The Morgan fingerprint density at radius 3 is 2.29 bits per heavy atom. The van der Waals surface area contributed by atoms with E-state index < -0.39 is 17.6 Å². The normalized spacial score (nSPS) is 10.7. The molecule has 1 rings (SSSR count). The van der Waals surface area contributed by atoms with Gasteiger partial charge in [-0.1, -0.05) is 12.1 Å². The summed E-state index contributed by atoms with van der Waals surface area (Å²) in [6.07, 6.45) is -0.826. The molecule has 0 aliphatic heterocycles. The number of nitrogens with one attached hydrogen (secondary N) is 3. The Hall–Kier alpha value is -2.61. The summed E-state index contributed by atoms with van der Waals surface area (Å²) in [7, 11) is 1.50.